The standard InChI is InChI=1S/C20H23N5O4/c1-6-9-23-18(26)16-17(22(3)20(23)27)21-19-24(16)11-12(2)25(19)14-8-7-13(28-4)10-15(14)29-5/h6-8,10-11,16-17H,1,9H2,2-5H3. The summed E-state index contributed by atoms with van der Waals surface area (Å²) in [6.07, 6.45) is 2.82. The quantitative estimate of drug-likeness (QED) is 0.706. The number of carbonyl (C=O) groups is 2. The third-order valence-electron chi connectivity index (χ3n) is 5.33. The van der Waals surface area contributed by atoms with E-state index in [1.807, 2.05) is 35.1 Å². The number of guanidine groups is 1. The third-order valence-corrected chi connectivity index (χ3v) is 5.33. The average molecular weight is 397 g/mol. The summed E-state index contributed by atoms with van der Waals surface area (Å²) in [6, 6.07) is 4.51. The number of anilines is 1. The molecular weight excluding hydrogens is 374 g/mol. The predicted molar refractivity (Wildman–Crippen MR) is 108 cm³/mol. The molecule has 0 aliphatic carbocycles. The van der Waals surface area contributed by atoms with Crippen LogP contribution in [0.15, 0.2) is 47.7 Å². The van der Waals surface area contributed by atoms with Gasteiger partial charge in [0, 0.05) is 31.6 Å². The van der Waals surface area contributed by atoms with E-state index in [0.29, 0.717) is 17.5 Å². The highest BCUT2D eigenvalue weighted by Crippen LogP contribution is 2.41. The van der Waals surface area contributed by atoms with Gasteiger partial charge in [0.2, 0.25) is 5.96 Å². The fourth-order valence-corrected chi connectivity index (χ4v) is 3.92. The van der Waals surface area contributed by atoms with Crippen molar-refractivity contribution in [3.05, 3.63) is 42.8 Å². The van der Waals surface area contributed by atoms with Crippen molar-refractivity contribution < 1.29 is 19.1 Å². The van der Waals surface area contributed by atoms with Crippen LogP contribution < -0.4 is 14.4 Å². The summed E-state index contributed by atoms with van der Waals surface area (Å²) in [7, 11) is 4.84. The number of benzene rings is 1. The Morgan fingerprint density at radius 2 is 2.00 bits per heavy atom. The first kappa shape index (κ1) is 18.9. The highest BCUT2D eigenvalue weighted by atomic mass is 16.5. The summed E-state index contributed by atoms with van der Waals surface area (Å²) in [5.41, 5.74) is 1.65. The molecule has 3 heterocycles. The molecule has 0 radical (unpaired) electrons. The fraction of sp³-hybridized carbons (Fsp3) is 0.350. The molecule has 0 aromatic heterocycles. The minimum Gasteiger partial charge on any atom is -0.497 e. The summed E-state index contributed by atoms with van der Waals surface area (Å²) in [5, 5.41) is 0. The normalized spacial score (nSPS) is 23.0. The lowest BCUT2D eigenvalue weighted by molar-refractivity contribution is -0.136. The Morgan fingerprint density at radius 1 is 1.24 bits per heavy atom. The molecule has 1 aromatic rings. The van der Waals surface area contributed by atoms with Crippen molar-refractivity contribution in [1.29, 1.82) is 0 Å². The zero-order chi connectivity index (χ0) is 20.9. The molecule has 3 aliphatic heterocycles. The van der Waals surface area contributed by atoms with E-state index in [1.54, 1.807) is 33.4 Å². The monoisotopic (exact) mass is 397 g/mol. The lowest BCUT2D eigenvalue weighted by atomic mass is 10.1. The van der Waals surface area contributed by atoms with Crippen molar-refractivity contribution in [3.63, 3.8) is 0 Å². The maximum atomic E-state index is 13.1. The molecular formula is C20H23N5O4. The van der Waals surface area contributed by atoms with Crippen LogP contribution in [0.4, 0.5) is 10.5 Å². The number of fused-ring (bicyclic) bond motifs is 3. The number of nitrogens with zero attached hydrogens (tertiary/aromatic N) is 5. The lowest BCUT2D eigenvalue weighted by Gasteiger charge is -2.39. The van der Waals surface area contributed by atoms with Gasteiger partial charge in [0.05, 0.1) is 19.9 Å². The van der Waals surface area contributed by atoms with E-state index in [-0.39, 0.29) is 18.5 Å². The Bertz CT molecular complexity index is 956. The second kappa shape index (κ2) is 6.84. The van der Waals surface area contributed by atoms with E-state index in [4.69, 9.17) is 14.5 Å². The fourth-order valence-electron chi connectivity index (χ4n) is 3.92. The van der Waals surface area contributed by atoms with E-state index in [0.717, 1.165) is 11.4 Å². The Kier molecular flexibility index (Phi) is 4.45. The van der Waals surface area contributed by atoms with E-state index in [1.165, 1.54) is 9.80 Å². The summed E-state index contributed by atoms with van der Waals surface area (Å²) >= 11 is 0. The van der Waals surface area contributed by atoms with Crippen LogP contribution >= 0.6 is 0 Å². The molecule has 1 saturated heterocycles. The minimum absolute atomic E-state index is 0.160. The van der Waals surface area contributed by atoms with Gasteiger partial charge in [0.15, 0.2) is 12.2 Å². The number of imide groups is 1. The lowest BCUT2D eigenvalue weighted by Crippen LogP contribution is -2.64. The highest BCUT2D eigenvalue weighted by Gasteiger charge is 2.54. The van der Waals surface area contributed by atoms with Crippen LogP contribution in [0.3, 0.4) is 0 Å². The van der Waals surface area contributed by atoms with Gasteiger partial charge < -0.3 is 19.3 Å². The van der Waals surface area contributed by atoms with Crippen molar-refractivity contribution in [2.45, 2.75) is 19.1 Å². The van der Waals surface area contributed by atoms with Crippen molar-refractivity contribution in [2.75, 3.05) is 32.7 Å². The molecule has 4 rings (SSSR count). The first-order valence-electron chi connectivity index (χ1n) is 9.18. The van der Waals surface area contributed by atoms with Crippen LogP contribution in [0.25, 0.3) is 0 Å². The first-order valence-corrected chi connectivity index (χ1v) is 9.18. The Labute approximate surface area is 169 Å². The summed E-state index contributed by atoms with van der Waals surface area (Å²) in [6.45, 7) is 5.74. The predicted octanol–water partition coefficient (Wildman–Crippen LogP) is 1.83. The average Bonchev–Trinajstić information content (AvgIpc) is 3.23. The number of aliphatic imine (C=N–C) groups is 1. The molecule has 2 atom stereocenters. The summed E-state index contributed by atoms with van der Waals surface area (Å²) in [5.74, 6) is 1.57. The largest absolute Gasteiger partial charge is 0.497 e. The maximum absolute atomic E-state index is 13.1. The van der Waals surface area contributed by atoms with Crippen LogP contribution in [0.1, 0.15) is 6.92 Å². The van der Waals surface area contributed by atoms with E-state index >= 15 is 0 Å². The zero-order valence-electron chi connectivity index (χ0n) is 16.8. The Balaban J connectivity index is 1.75. The number of urea groups is 1. The molecule has 29 heavy (non-hydrogen) atoms. The summed E-state index contributed by atoms with van der Waals surface area (Å²) in [4.78, 5) is 36.9. The number of rotatable bonds is 5. The molecule has 3 aliphatic rings. The minimum atomic E-state index is -0.614. The van der Waals surface area contributed by atoms with Gasteiger partial charge in [-0.15, -0.1) is 6.58 Å². The van der Waals surface area contributed by atoms with E-state index in [2.05, 4.69) is 6.58 Å². The molecule has 0 spiro atoms. The first-order chi connectivity index (χ1) is 13.9. The molecule has 3 amide bonds. The van der Waals surface area contributed by atoms with Gasteiger partial charge in [-0.1, -0.05) is 6.08 Å². The number of likely N-dealkylation sites (N-methyl/N-ethyl adjacent to an activating group) is 1. The molecule has 9 heteroatoms. The highest BCUT2D eigenvalue weighted by molar-refractivity contribution is 6.10. The topological polar surface area (TPSA) is 77.9 Å². The van der Waals surface area contributed by atoms with Gasteiger partial charge in [0.25, 0.3) is 5.91 Å². The molecule has 152 valence electrons. The molecule has 1 aromatic carbocycles. The van der Waals surface area contributed by atoms with Gasteiger partial charge in [-0.25, -0.2) is 9.79 Å². The van der Waals surface area contributed by atoms with Crippen LogP contribution in [0.2, 0.25) is 0 Å². The Morgan fingerprint density at radius 3 is 2.66 bits per heavy atom. The second-order valence-corrected chi connectivity index (χ2v) is 6.97. The molecule has 0 N–H and O–H groups in total. The molecule has 2 unspecified atom stereocenters. The SMILES string of the molecule is C=CCN1C(=O)C2C(N=C3N(c4ccc(OC)cc4OC)C(C)=CN32)N(C)C1=O. The second-order valence-electron chi connectivity index (χ2n) is 6.97. The van der Waals surface area contributed by atoms with Crippen LogP contribution in [-0.2, 0) is 4.79 Å². The van der Waals surface area contributed by atoms with E-state index in [9.17, 15) is 9.59 Å². The number of hydrogen-bond donors (Lipinski definition) is 0. The molecule has 9 nitrogen and oxygen atoms in total. The van der Waals surface area contributed by atoms with Crippen LogP contribution in [-0.4, -0.2) is 72.6 Å². The number of amides is 3. The molecule has 0 bridgehead atoms. The third kappa shape index (κ3) is 2.65. The Hall–Kier alpha value is -3.49. The molecule has 0 saturated carbocycles. The van der Waals surface area contributed by atoms with Crippen molar-refractivity contribution in [2.24, 2.45) is 4.99 Å². The van der Waals surface area contributed by atoms with Crippen molar-refractivity contribution in [1.82, 2.24) is 14.7 Å². The van der Waals surface area contributed by atoms with Crippen LogP contribution in [0.5, 0.6) is 11.5 Å². The van der Waals surface area contributed by atoms with Crippen molar-refractivity contribution >= 4 is 23.6 Å². The smallest absolute Gasteiger partial charge is 0.328 e. The van der Waals surface area contributed by atoms with Gasteiger partial charge >= 0.3 is 6.03 Å². The van der Waals surface area contributed by atoms with E-state index < -0.39 is 12.2 Å². The number of hydrogen-bond acceptors (Lipinski definition) is 7. The van der Waals surface area contributed by atoms with Crippen LogP contribution in [0, 0.1) is 0 Å². The van der Waals surface area contributed by atoms with Crippen molar-refractivity contribution in [3.8, 4) is 11.5 Å². The van der Waals surface area contributed by atoms with Gasteiger partial charge in [0.1, 0.15) is 11.5 Å². The van der Waals surface area contributed by atoms with Gasteiger partial charge in [-0.2, -0.15) is 0 Å². The number of allylic oxidation sites excluding steroid dienone is 1. The molecule has 1 fully saturated rings. The van der Waals surface area contributed by atoms with Gasteiger partial charge in [-0.3, -0.25) is 14.6 Å². The van der Waals surface area contributed by atoms with Gasteiger partial charge in [-0.05, 0) is 19.1 Å². The number of carbonyl (C=O) groups excluding carboxylic acids is 2. The summed E-state index contributed by atoms with van der Waals surface area (Å²) < 4.78 is 10.8. The number of ether oxygens (including phenoxy) is 2. The maximum Gasteiger partial charge on any atom is 0.328 e. The zero-order valence-corrected chi connectivity index (χ0v) is 16.8. The number of methoxy groups -OCH3 is 2.